The number of aryl methyl sites for hydroxylation is 2. The average Bonchev–Trinajstić information content (AvgIpc) is 2.73. The zero-order valence-electron chi connectivity index (χ0n) is 10.6. The minimum atomic E-state index is 0.750. The molecule has 1 heterocycles. The lowest BCUT2D eigenvalue weighted by Gasteiger charge is -2.01. The molecule has 2 nitrogen and oxygen atoms in total. The van der Waals surface area contributed by atoms with E-state index in [1.54, 1.807) is 0 Å². The zero-order chi connectivity index (χ0) is 12.5. The lowest BCUT2D eigenvalue weighted by molar-refractivity contribution is 0.543. The Morgan fingerprint density at radius 1 is 1.06 bits per heavy atom. The van der Waals surface area contributed by atoms with Gasteiger partial charge in [-0.2, -0.15) is 0 Å². The second-order valence-corrected chi connectivity index (χ2v) is 4.68. The molecule has 0 saturated carbocycles. The van der Waals surface area contributed by atoms with Gasteiger partial charge in [-0.1, -0.05) is 30.3 Å². The molecule has 0 N–H and O–H groups in total. The molecule has 1 aromatic heterocycles. The zero-order valence-corrected chi connectivity index (χ0v) is 10.6. The molecule has 0 spiro atoms. The van der Waals surface area contributed by atoms with Gasteiger partial charge in [-0.15, -0.1) is 0 Å². The molecule has 0 amide bonds. The van der Waals surface area contributed by atoms with Crippen LogP contribution in [0.5, 0.6) is 0 Å². The molecular weight excluding hydrogens is 222 g/mol. The first-order valence-corrected chi connectivity index (χ1v) is 6.13. The highest BCUT2D eigenvalue weighted by Gasteiger charge is 2.07. The molecular formula is C16H15NO. The summed E-state index contributed by atoms with van der Waals surface area (Å²) >= 11 is 0. The van der Waals surface area contributed by atoms with Crippen molar-refractivity contribution in [1.82, 2.24) is 4.98 Å². The second kappa shape index (κ2) is 4.30. The van der Waals surface area contributed by atoms with Crippen LogP contribution in [0.25, 0.3) is 11.1 Å². The monoisotopic (exact) mass is 237 g/mol. The number of nitrogens with zero attached hydrogens (tertiary/aromatic N) is 1. The van der Waals surface area contributed by atoms with Gasteiger partial charge in [-0.25, -0.2) is 4.98 Å². The molecule has 0 aliphatic heterocycles. The molecule has 0 fully saturated rings. The van der Waals surface area contributed by atoms with Crippen LogP contribution in [0.3, 0.4) is 0 Å². The van der Waals surface area contributed by atoms with E-state index < -0.39 is 0 Å². The Kier molecular flexibility index (Phi) is 2.63. The fourth-order valence-corrected chi connectivity index (χ4v) is 2.13. The number of aromatic nitrogens is 1. The number of hydrogen-bond donors (Lipinski definition) is 0. The highest BCUT2D eigenvalue weighted by molar-refractivity contribution is 5.73. The lowest BCUT2D eigenvalue weighted by Crippen LogP contribution is -1.90. The summed E-state index contributed by atoms with van der Waals surface area (Å²) < 4.78 is 5.80. The van der Waals surface area contributed by atoms with E-state index in [0.717, 1.165) is 23.4 Å². The van der Waals surface area contributed by atoms with Crippen LogP contribution in [0, 0.1) is 13.8 Å². The molecule has 18 heavy (non-hydrogen) atoms. The van der Waals surface area contributed by atoms with Gasteiger partial charge in [-0.3, -0.25) is 0 Å². The summed E-state index contributed by atoms with van der Waals surface area (Å²) in [4.78, 5) is 4.52. The summed E-state index contributed by atoms with van der Waals surface area (Å²) in [6.07, 6.45) is 0.750. The molecule has 90 valence electrons. The third-order valence-electron chi connectivity index (χ3n) is 3.19. The van der Waals surface area contributed by atoms with Crippen LogP contribution in [0.15, 0.2) is 46.9 Å². The highest BCUT2D eigenvalue weighted by atomic mass is 16.3. The maximum absolute atomic E-state index is 5.80. The number of fused-ring (bicyclic) bond motifs is 1. The van der Waals surface area contributed by atoms with Gasteiger partial charge in [0.05, 0.1) is 0 Å². The maximum atomic E-state index is 5.80. The Hall–Kier alpha value is -2.09. The fourth-order valence-electron chi connectivity index (χ4n) is 2.13. The molecule has 0 unspecified atom stereocenters. The Balaban J connectivity index is 1.98. The predicted molar refractivity (Wildman–Crippen MR) is 72.7 cm³/mol. The largest absolute Gasteiger partial charge is 0.440 e. The molecule has 0 aliphatic carbocycles. The first-order valence-electron chi connectivity index (χ1n) is 6.13. The van der Waals surface area contributed by atoms with Crippen LogP contribution in [-0.4, -0.2) is 4.98 Å². The molecule has 3 rings (SSSR count). The van der Waals surface area contributed by atoms with E-state index in [1.807, 2.05) is 18.2 Å². The third-order valence-corrected chi connectivity index (χ3v) is 3.19. The topological polar surface area (TPSA) is 26.0 Å². The van der Waals surface area contributed by atoms with E-state index >= 15 is 0 Å². The van der Waals surface area contributed by atoms with Crippen LogP contribution < -0.4 is 0 Å². The SMILES string of the molecule is Cc1ccc2nc(Cc3ccccc3C)oc2c1. The van der Waals surface area contributed by atoms with Gasteiger partial charge in [0.1, 0.15) is 5.52 Å². The van der Waals surface area contributed by atoms with Crippen LogP contribution in [0.2, 0.25) is 0 Å². The normalized spacial score (nSPS) is 11.0. The summed E-state index contributed by atoms with van der Waals surface area (Å²) in [5.74, 6) is 0.782. The van der Waals surface area contributed by atoms with Crippen molar-refractivity contribution in [3.8, 4) is 0 Å². The van der Waals surface area contributed by atoms with E-state index in [1.165, 1.54) is 16.7 Å². The summed E-state index contributed by atoms with van der Waals surface area (Å²) in [6, 6.07) is 14.4. The first-order chi connectivity index (χ1) is 8.72. The summed E-state index contributed by atoms with van der Waals surface area (Å²) in [5, 5.41) is 0. The number of benzene rings is 2. The summed E-state index contributed by atoms with van der Waals surface area (Å²) in [6.45, 7) is 4.17. The average molecular weight is 237 g/mol. The van der Waals surface area contributed by atoms with Crippen molar-refractivity contribution in [2.45, 2.75) is 20.3 Å². The van der Waals surface area contributed by atoms with E-state index in [-0.39, 0.29) is 0 Å². The van der Waals surface area contributed by atoms with E-state index in [2.05, 4.69) is 43.1 Å². The van der Waals surface area contributed by atoms with E-state index in [9.17, 15) is 0 Å². The second-order valence-electron chi connectivity index (χ2n) is 4.68. The van der Waals surface area contributed by atoms with Crippen LogP contribution in [0.1, 0.15) is 22.6 Å². The van der Waals surface area contributed by atoms with Crippen molar-refractivity contribution in [3.05, 3.63) is 65.0 Å². The van der Waals surface area contributed by atoms with Crippen molar-refractivity contribution in [1.29, 1.82) is 0 Å². The third kappa shape index (κ3) is 2.02. The Morgan fingerprint density at radius 3 is 2.72 bits per heavy atom. The molecule has 0 saturated heterocycles. The summed E-state index contributed by atoms with van der Waals surface area (Å²) in [7, 11) is 0. The molecule has 0 bridgehead atoms. The van der Waals surface area contributed by atoms with Gasteiger partial charge in [-0.05, 0) is 42.7 Å². The van der Waals surface area contributed by atoms with Gasteiger partial charge < -0.3 is 4.42 Å². The molecule has 2 aromatic carbocycles. The Labute approximate surface area is 106 Å². The summed E-state index contributed by atoms with van der Waals surface area (Å²) in [5.41, 5.74) is 5.54. The molecule has 3 aromatic rings. The molecule has 0 radical (unpaired) electrons. The van der Waals surface area contributed by atoms with Gasteiger partial charge in [0.25, 0.3) is 0 Å². The van der Waals surface area contributed by atoms with Gasteiger partial charge >= 0.3 is 0 Å². The predicted octanol–water partition coefficient (Wildman–Crippen LogP) is 4.04. The number of oxazole rings is 1. The Bertz CT molecular complexity index is 697. The fraction of sp³-hybridized carbons (Fsp3) is 0.188. The maximum Gasteiger partial charge on any atom is 0.199 e. The first kappa shape index (κ1) is 11.0. The van der Waals surface area contributed by atoms with Crippen molar-refractivity contribution < 1.29 is 4.42 Å². The smallest absolute Gasteiger partial charge is 0.199 e. The molecule has 0 atom stereocenters. The van der Waals surface area contributed by atoms with Gasteiger partial charge in [0.2, 0.25) is 0 Å². The van der Waals surface area contributed by atoms with Crippen LogP contribution in [0.4, 0.5) is 0 Å². The van der Waals surface area contributed by atoms with E-state index in [0.29, 0.717) is 0 Å². The van der Waals surface area contributed by atoms with E-state index in [4.69, 9.17) is 4.42 Å². The Morgan fingerprint density at radius 2 is 1.89 bits per heavy atom. The molecule has 2 heteroatoms. The minimum absolute atomic E-state index is 0.750. The van der Waals surface area contributed by atoms with Crippen LogP contribution >= 0.6 is 0 Å². The quantitative estimate of drug-likeness (QED) is 0.672. The van der Waals surface area contributed by atoms with Crippen molar-refractivity contribution in [2.24, 2.45) is 0 Å². The number of rotatable bonds is 2. The standard InChI is InChI=1S/C16H15NO/c1-11-7-8-14-15(9-11)18-16(17-14)10-13-6-4-3-5-12(13)2/h3-9H,10H2,1-2H3. The van der Waals surface area contributed by atoms with Crippen molar-refractivity contribution in [2.75, 3.05) is 0 Å². The molecule has 0 aliphatic rings. The van der Waals surface area contributed by atoms with Gasteiger partial charge in [0.15, 0.2) is 11.5 Å². The highest BCUT2D eigenvalue weighted by Crippen LogP contribution is 2.20. The number of hydrogen-bond acceptors (Lipinski definition) is 2. The van der Waals surface area contributed by atoms with Crippen LogP contribution in [-0.2, 0) is 6.42 Å². The van der Waals surface area contributed by atoms with Crippen molar-refractivity contribution in [3.63, 3.8) is 0 Å². The van der Waals surface area contributed by atoms with Crippen molar-refractivity contribution >= 4 is 11.1 Å². The minimum Gasteiger partial charge on any atom is -0.440 e. The lowest BCUT2D eigenvalue weighted by atomic mass is 10.1. The van der Waals surface area contributed by atoms with Gasteiger partial charge in [0, 0.05) is 6.42 Å².